The second-order valence-electron chi connectivity index (χ2n) is 8.26. The van der Waals surface area contributed by atoms with Crippen molar-refractivity contribution in [1.82, 2.24) is 20.0 Å². The van der Waals surface area contributed by atoms with E-state index in [2.05, 4.69) is 20.6 Å². The highest BCUT2D eigenvalue weighted by Gasteiger charge is 2.47. The number of hydrogen-bond donors (Lipinski definition) is 2. The Balaban J connectivity index is 1.64. The third kappa shape index (κ3) is 5.42. The summed E-state index contributed by atoms with van der Waals surface area (Å²) in [5, 5.41) is 9.94. The van der Waals surface area contributed by atoms with Gasteiger partial charge in [0, 0.05) is 37.8 Å². The summed E-state index contributed by atoms with van der Waals surface area (Å²) >= 11 is 0. The van der Waals surface area contributed by atoms with E-state index in [-0.39, 0.29) is 35.9 Å². The van der Waals surface area contributed by atoms with E-state index < -0.39 is 18.1 Å². The van der Waals surface area contributed by atoms with Gasteiger partial charge in [-0.1, -0.05) is 13.8 Å². The van der Waals surface area contributed by atoms with E-state index in [0.717, 1.165) is 30.7 Å². The molecule has 2 N–H and O–H groups in total. The number of ether oxygens (including phenoxy) is 1. The van der Waals surface area contributed by atoms with Crippen molar-refractivity contribution in [2.24, 2.45) is 5.92 Å². The predicted octanol–water partition coefficient (Wildman–Crippen LogP) is 2.67. The molecule has 2 aliphatic heterocycles. The minimum atomic E-state index is -4.42. The van der Waals surface area contributed by atoms with Crippen molar-refractivity contribution in [3.63, 3.8) is 0 Å². The van der Waals surface area contributed by atoms with E-state index in [0.29, 0.717) is 13.2 Å². The number of amides is 1. The molecule has 0 radical (unpaired) electrons. The molecule has 0 aliphatic carbocycles. The summed E-state index contributed by atoms with van der Waals surface area (Å²) in [6.07, 6.45) is -3.78. The van der Waals surface area contributed by atoms with Crippen LogP contribution in [-0.4, -0.2) is 71.7 Å². The van der Waals surface area contributed by atoms with Gasteiger partial charge in [0.15, 0.2) is 11.7 Å². The highest BCUT2D eigenvalue weighted by molar-refractivity contribution is 5.93. The molecule has 10 heteroatoms. The number of nitrogens with zero attached hydrogens (tertiary/aromatic N) is 3. The molecule has 1 amide bonds. The molecule has 7 nitrogen and oxygen atoms in total. The van der Waals surface area contributed by atoms with Crippen molar-refractivity contribution >= 4 is 11.7 Å². The summed E-state index contributed by atoms with van der Waals surface area (Å²) < 4.78 is 46.9. The van der Waals surface area contributed by atoms with Crippen LogP contribution in [0.3, 0.4) is 0 Å². The van der Waals surface area contributed by atoms with Gasteiger partial charge in [-0.15, -0.1) is 0 Å². The van der Waals surface area contributed by atoms with E-state index in [1.165, 1.54) is 6.07 Å². The number of anilines is 1. The van der Waals surface area contributed by atoms with Gasteiger partial charge in [0.1, 0.15) is 5.82 Å². The van der Waals surface area contributed by atoms with E-state index in [4.69, 9.17) is 4.74 Å². The molecular formula is C19H30F3N5O2. The van der Waals surface area contributed by atoms with Crippen LogP contribution in [0.4, 0.5) is 19.0 Å². The Labute approximate surface area is 168 Å². The van der Waals surface area contributed by atoms with Crippen LogP contribution in [-0.2, 0) is 4.74 Å². The number of carbonyl (C=O) groups excluding carboxylic acids is 1. The first-order valence-corrected chi connectivity index (χ1v) is 10.2. The first-order valence-electron chi connectivity index (χ1n) is 10.2. The molecule has 0 saturated carbocycles. The topological polar surface area (TPSA) is 71.4 Å². The zero-order valence-corrected chi connectivity index (χ0v) is 17.1. The van der Waals surface area contributed by atoms with E-state index in [9.17, 15) is 18.0 Å². The minimum Gasteiger partial charge on any atom is -0.379 e. The number of halogens is 3. The van der Waals surface area contributed by atoms with E-state index >= 15 is 0 Å². The Kier molecular flexibility index (Phi) is 6.72. The summed E-state index contributed by atoms with van der Waals surface area (Å²) in [5.41, 5.74) is 0.00405. The lowest BCUT2D eigenvalue weighted by atomic mass is 9.94. The first kappa shape index (κ1) is 21.9. The molecule has 0 aromatic carbocycles. The Hall–Kier alpha value is -1.81. The fourth-order valence-corrected chi connectivity index (χ4v) is 3.72. The van der Waals surface area contributed by atoms with Gasteiger partial charge in [0.25, 0.3) is 5.91 Å². The number of carbonyl (C=O) groups is 1. The van der Waals surface area contributed by atoms with Crippen LogP contribution >= 0.6 is 0 Å². The highest BCUT2D eigenvalue weighted by Crippen LogP contribution is 2.40. The smallest absolute Gasteiger partial charge is 0.379 e. The van der Waals surface area contributed by atoms with Gasteiger partial charge in [-0.25, -0.2) is 4.68 Å². The fraction of sp³-hybridized carbons (Fsp3) is 0.789. The van der Waals surface area contributed by atoms with Gasteiger partial charge >= 0.3 is 6.18 Å². The van der Waals surface area contributed by atoms with E-state index in [1.807, 2.05) is 20.8 Å². The summed E-state index contributed by atoms with van der Waals surface area (Å²) in [6.45, 7) is 9.64. The van der Waals surface area contributed by atoms with Crippen LogP contribution < -0.4 is 10.6 Å². The number of morpholine rings is 1. The molecule has 3 heterocycles. The molecule has 0 spiro atoms. The summed E-state index contributed by atoms with van der Waals surface area (Å²) in [6, 6.07) is -0.753. The summed E-state index contributed by atoms with van der Waals surface area (Å²) in [5.74, 6) is -0.186. The number of nitrogens with one attached hydrogen (secondary N) is 2. The highest BCUT2D eigenvalue weighted by atomic mass is 19.4. The molecular weight excluding hydrogens is 387 g/mol. The Morgan fingerprint density at radius 2 is 2.03 bits per heavy atom. The fourth-order valence-electron chi connectivity index (χ4n) is 3.72. The maximum absolute atomic E-state index is 13.6. The molecule has 3 atom stereocenters. The van der Waals surface area contributed by atoms with Crippen molar-refractivity contribution in [3.05, 3.63) is 11.8 Å². The van der Waals surface area contributed by atoms with Gasteiger partial charge in [-0.05, 0) is 25.7 Å². The lowest BCUT2D eigenvalue weighted by Crippen LogP contribution is -2.41. The lowest BCUT2D eigenvalue weighted by molar-refractivity contribution is -0.174. The first-order chi connectivity index (χ1) is 13.6. The molecule has 3 rings (SSSR count). The summed E-state index contributed by atoms with van der Waals surface area (Å²) in [7, 11) is 0. The SMILES string of the molecule is CC(CCN1CCOCC1)NC(=O)c1cc2n(n1)[C@@H](C(F)(F)F)C[C@@H](C(C)C)N2. The van der Waals surface area contributed by atoms with Crippen LogP contribution in [0, 0.1) is 5.92 Å². The number of aromatic nitrogens is 2. The third-order valence-corrected chi connectivity index (χ3v) is 5.62. The van der Waals surface area contributed by atoms with Gasteiger partial charge in [-0.2, -0.15) is 18.3 Å². The summed E-state index contributed by atoms with van der Waals surface area (Å²) in [4.78, 5) is 14.8. The second-order valence-corrected chi connectivity index (χ2v) is 8.26. The molecule has 1 aromatic rings. The van der Waals surface area contributed by atoms with Crippen molar-refractivity contribution in [3.8, 4) is 0 Å². The van der Waals surface area contributed by atoms with Crippen molar-refractivity contribution < 1.29 is 22.7 Å². The average Bonchev–Trinajstić information content (AvgIpc) is 3.09. The molecule has 1 aromatic heterocycles. The normalized spacial score (nSPS) is 24.1. The molecule has 29 heavy (non-hydrogen) atoms. The number of alkyl halides is 3. The van der Waals surface area contributed by atoms with Crippen LogP contribution in [0.15, 0.2) is 6.07 Å². The van der Waals surface area contributed by atoms with Gasteiger partial charge < -0.3 is 15.4 Å². The number of rotatable bonds is 6. The zero-order valence-electron chi connectivity index (χ0n) is 17.1. The molecule has 0 bridgehead atoms. The van der Waals surface area contributed by atoms with Gasteiger partial charge in [0.2, 0.25) is 0 Å². The predicted molar refractivity (Wildman–Crippen MR) is 103 cm³/mol. The quantitative estimate of drug-likeness (QED) is 0.745. The molecule has 1 saturated heterocycles. The molecule has 1 fully saturated rings. The van der Waals surface area contributed by atoms with Gasteiger partial charge in [0.05, 0.1) is 13.2 Å². The standard InChI is InChI=1S/C19H30F3N5O2/c1-12(2)14-10-16(19(20,21)22)27-17(24-14)11-15(25-27)18(28)23-13(3)4-5-26-6-8-29-9-7-26/h11-14,16,24H,4-10H2,1-3H3,(H,23,28)/t13?,14-,16+/m0/s1. The molecule has 2 aliphatic rings. The average molecular weight is 417 g/mol. The molecule has 164 valence electrons. The minimum absolute atomic E-state index is 0.00405. The second kappa shape index (κ2) is 8.91. The lowest BCUT2D eigenvalue weighted by Gasteiger charge is -2.35. The van der Waals surface area contributed by atoms with Crippen LogP contribution in [0.25, 0.3) is 0 Å². The van der Waals surface area contributed by atoms with Crippen molar-refractivity contribution in [2.75, 3.05) is 38.2 Å². The number of fused-ring (bicyclic) bond motifs is 1. The molecule has 1 unspecified atom stereocenters. The Morgan fingerprint density at radius 1 is 1.34 bits per heavy atom. The third-order valence-electron chi connectivity index (χ3n) is 5.62. The van der Waals surface area contributed by atoms with Crippen LogP contribution in [0.1, 0.15) is 50.1 Å². The van der Waals surface area contributed by atoms with Crippen LogP contribution in [0.2, 0.25) is 0 Å². The largest absolute Gasteiger partial charge is 0.410 e. The zero-order chi connectivity index (χ0) is 21.2. The Bertz CT molecular complexity index is 701. The number of hydrogen-bond acceptors (Lipinski definition) is 5. The van der Waals surface area contributed by atoms with Crippen molar-refractivity contribution in [1.29, 1.82) is 0 Å². The van der Waals surface area contributed by atoms with Gasteiger partial charge in [-0.3, -0.25) is 9.69 Å². The van der Waals surface area contributed by atoms with Crippen LogP contribution in [0.5, 0.6) is 0 Å². The maximum atomic E-state index is 13.6. The Morgan fingerprint density at radius 3 is 2.66 bits per heavy atom. The van der Waals surface area contributed by atoms with Crippen molar-refractivity contribution in [2.45, 2.75) is 57.9 Å². The maximum Gasteiger partial charge on any atom is 0.410 e. The van der Waals surface area contributed by atoms with E-state index in [1.54, 1.807) is 0 Å². The monoisotopic (exact) mass is 417 g/mol.